The molecule has 0 bridgehead atoms. The van der Waals surface area contributed by atoms with Crippen LogP contribution in [0.4, 0.5) is 10.7 Å². The number of piperidine rings is 1. The molecule has 0 aliphatic carbocycles. The number of nitrogens with zero attached hydrogens (tertiary/aromatic N) is 4. The molecule has 1 saturated heterocycles. The van der Waals surface area contributed by atoms with Crippen LogP contribution in [0.5, 0.6) is 0 Å². The molecule has 2 aromatic carbocycles. The molecule has 3 N–H and O–H groups in total. The van der Waals surface area contributed by atoms with Crippen LogP contribution in [0.25, 0.3) is 16.9 Å². The number of pyridine rings is 1. The van der Waals surface area contributed by atoms with Gasteiger partial charge in [-0.25, -0.2) is 9.31 Å². The van der Waals surface area contributed by atoms with E-state index in [1.807, 2.05) is 54.6 Å². The van der Waals surface area contributed by atoms with E-state index in [-0.39, 0.29) is 11.9 Å². The molecule has 172 valence electrons. The number of fused-ring (bicyclic) bond motifs is 1. The Kier molecular flexibility index (Phi) is 5.46. The molecule has 2 amide bonds. The lowest BCUT2D eigenvalue weighted by Gasteiger charge is -2.38. The average molecular weight is 457 g/mol. The summed E-state index contributed by atoms with van der Waals surface area (Å²) in [6, 6.07) is 22.2. The maximum Gasteiger partial charge on any atom is 0.411 e. The Morgan fingerprint density at radius 1 is 0.912 bits per heavy atom. The third-order valence-electron chi connectivity index (χ3n) is 6.20. The van der Waals surface area contributed by atoms with Gasteiger partial charge in [-0.3, -0.25) is 10.1 Å². The summed E-state index contributed by atoms with van der Waals surface area (Å²) >= 11 is 0. The molecule has 4 aromatic rings. The van der Waals surface area contributed by atoms with Gasteiger partial charge < -0.3 is 15.1 Å². The smallest absolute Gasteiger partial charge is 0.411 e. The first-order valence-corrected chi connectivity index (χ1v) is 11.0. The van der Waals surface area contributed by atoms with E-state index in [4.69, 9.17) is 5.11 Å². The van der Waals surface area contributed by atoms with Crippen LogP contribution in [0.3, 0.4) is 0 Å². The van der Waals surface area contributed by atoms with Gasteiger partial charge in [0.2, 0.25) is 0 Å². The van der Waals surface area contributed by atoms with E-state index < -0.39 is 11.7 Å². The molecule has 0 spiro atoms. The van der Waals surface area contributed by atoms with E-state index >= 15 is 0 Å². The number of anilines is 1. The van der Waals surface area contributed by atoms with Gasteiger partial charge in [-0.05, 0) is 42.7 Å². The zero-order chi connectivity index (χ0) is 23.7. The van der Waals surface area contributed by atoms with E-state index in [2.05, 4.69) is 15.4 Å². The standard InChI is InChI=1S/C25H23N5O4/c31-22(29-15-13-25(34,14-16-29)19-5-2-1-3-6-19)18-11-9-17(10-12-18)20-7-4-8-21-26-23(27-24(32)33)28-30(20)21/h1-12,34H,13-16H2,(H,27,28)(H,32,33). The summed E-state index contributed by atoms with van der Waals surface area (Å²) in [4.78, 5) is 29.9. The Morgan fingerprint density at radius 3 is 2.29 bits per heavy atom. The minimum absolute atomic E-state index is 0.00712. The maximum absolute atomic E-state index is 13.1. The molecule has 0 saturated carbocycles. The second-order valence-electron chi connectivity index (χ2n) is 8.31. The molecule has 1 aliphatic heterocycles. The van der Waals surface area contributed by atoms with Crippen molar-refractivity contribution in [1.82, 2.24) is 19.5 Å². The monoisotopic (exact) mass is 457 g/mol. The molecule has 0 radical (unpaired) electrons. The van der Waals surface area contributed by atoms with Crippen LogP contribution >= 0.6 is 0 Å². The van der Waals surface area contributed by atoms with Crippen molar-refractivity contribution < 1.29 is 19.8 Å². The summed E-state index contributed by atoms with van der Waals surface area (Å²) in [5.74, 6) is -0.0825. The second kappa shape index (κ2) is 8.60. The normalized spacial score (nSPS) is 15.3. The summed E-state index contributed by atoms with van der Waals surface area (Å²) in [5.41, 5.74) is 2.57. The van der Waals surface area contributed by atoms with Crippen LogP contribution in [0.15, 0.2) is 72.8 Å². The Labute approximate surface area is 195 Å². The van der Waals surface area contributed by atoms with Gasteiger partial charge in [0.1, 0.15) is 0 Å². The lowest BCUT2D eigenvalue weighted by molar-refractivity contribution is -0.0211. The van der Waals surface area contributed by atoms with Gasteiger partial charge >= 0.3 is 6.09 Å². The van der Waals surface area contributed by atoms with Crippen molar-refractivity contribution in [2.24, 2.45) is 0 Å². The largest absolute Gasteiger partial charge is 0.465 e. The summed E-state index contributed by atoms with van der Waals surface area (Å²) in [6.07, 6.45) is -0.260. The van der Waals surface area contributed by atoms with Crippen molar-refractivity contribution in [2.45, 2.75) is 18.4 Å². The average Bonchev–Trinajstić information content (AvgIpc) is 3.26. The molecular weight excluding hydrogens is 434 g/mol. The van der Waals surface area contributed by atoms with Gasteiger partial charge in [0.05, 0.1) is 11.3 Å². The number of amides is 2. The van der Waals surface area contributed by atoms with Crippen molar-refractivity contribution in [2.75, 3.05) is 18.4 Å². The molecule has 3 heterocycles. The molecule has 34 heavy (non-hydrogen) atoms. The minimum atomic E-state index is -1.24. The number of carbonyl (C=O) groups is 2. The van der Waals surface area contributed by atoms with Crippen molar-refractivity contribution in [3.63, 3.8) is 0 Å². The van der Waals surface area contributed by atoms with Crippen molar-refractivity contribution in [1.29, 1.82) is 0 Å². The van der Waals surface area contributed by atoms with Crippen LogP contribution in [0.2, 0.25) is 0 Å². The summed E-state index contributed by atoms with van der Waals surface area (Å²) in [7, 11) is 0. The first-order chi connectivity index (χ1) is 16.4. The molecule has 5 rings (SSSR count). The van der Waals surface area contributed by atoms with Crippen LogP contribution in [-0.4, -0.2) is 54.8 Å². The van der Waals surface area contributed by atoms with Crippen LogP contribution in [0.1, 0.15) is 28.8 Å². The highest BCUT2D eigenvalue weighted by atomic mass is 16.4. The summed E-state index contributed by atoms with van der Waals surface area (Å²) in [5, 5.41) is 26.3. The molecule has 9 nitrogen and oxygen atoms in total. The lowest BCUT2D eigenvalue weighted by Crippen LogP contribution is -2.45. The zero-order valence-corrected chi connectivity index (χ0v) is 18.3. The molecule has 9 heteroatoms. The first kappa shape index (κ1) is 21.6. The number of hydrogen-bond donors (Lipinski definition) is 3. The summed E-state index contributed by atoms with van der Waals surface area (Å²) < 4.78 is 1.55. The second-order valence-corrected chi connectivity index (χ2v) is 8.31. The quantitative estimate of drug-likeness (QED) is 0.431. The fourth-order valence-electron chi connectivity index (χ4n) is 4.36. The topological polar surface area (TPSA) is 120 Å². The Hall–Kier alpha value is -4.24. The Balaban J connectivity index is 1.32. The molecular formula is C25H23N5O4. The van der Waals surface area contributed by atoms with E-state index in [1.54, 1.807) is 27.6 Å². The van der Waals surface area contributed by atoms with Crippen LogP contribution in [0, 0.1) is 0 Å². The van der Waals surface area contributed by atoms with Crippen molar-refractivity contribution in [3.8, 4) is 11.3 Å². The van der Waals surface area contributed by atoms with Crippen molar-refractivity contribution in [3.05, 3.63) is 83.9 Å². The number of carboxylic acid groups (broad SMARTS) is 1. The fraction of sp³-hybridized carbons (Fsp3) is 0.200. The number of hydrogen-bond acceptors (Lipinski definition) is 5. The van der Waals surface area contributed by atoms with E-state index in [1.165, 1.54) is 0 Å². The zero-order valence-electron chi connectivity index (χ0n) is 18.3. The number of benzene rings is 2. The molecule has 2 aromatic heterocycles. The first-order valence-electron chi connectivity index (χ1n) is 11.0. The minimum Gasteiger partial charge on any atom is -0.465 e. The van der Waals surface area contributed by atoms with Gasteiger partial charge in [0.15, 0.2) is 5.65 Å². The summed E-state index contributed by atoms with van der Waals surface area (Å²) in [6.45, 7) is 0.952. The number of aliphatic hydroxyl groups is 1. The number of carbonyl (C=O) groups excluding carboxylic acids is 1. The highest BCUT2D eigenvalue weighted by Gasteiger charge is 2.35. The Morgan fingerprint density at radius 2 is 1.62 bits per heavy atom. The lowest BCUT2D eigenvalue weighted by atomic mass is 9.84. The van der Waals surface area contributed by atoms with E-state index in [0.717, 1.165) is 11.1 Å². The molecule has 1 fully saturated rings. The number of nitrogens with one attached hydrogen (secondary N) is 1. The van der Waals surface area contributed by atoms with E-state index in [9.17, 15) is 14.7 Å². The van der Waals surface area contributed by atoms with Crippen molar-refractivity contribution >= 4 is 23.6 Å². The predicted octanol–water partition coefficient (Wildman–Crippen LogP) is 3.61. The third-order valence-corrected chi connectivity index (χ3v) is 6.20. The fourth-order valence-corrected chi connectivity index (χ4v) is 4.36. The van der Waals surface area contributed by atoms with Gasteiger partial charge in [-0.15, -0.1) is 5.10 Å². The van der Waals surface area contributed by atoms with Gasteiger partial charge in [0.25, 0.3) is 11.9 Å². The molecule has 0 unspecified atom stereocenters. The number of likely N-dealkylation sites (tertiary alicyclic amines) is 1. The Bertz CT molecular complexity index is 1340. The highest BCUT2D eigenvalue weighted by molar-refractivity contribution is 5.94. The SMILES string of the molecule is O=C(O)Nc1nc2cccc(-c3ccc(C(=O)N4CCC(O)(c5ccccc5)CC4)cc3)n2n1. The molecule has 0 atom stereocenters. The van der Waals surface area contributed by atoms with Gasteiger partial charge in [0, 0.05) is 24.2 Å². The van der Waals surface area contributed by atoms with E-state index in [0.29, 0.717) is 42.8 Å². The molecule has 1 aliphatic rings. The van der Waals surface area contributed by atoms with Gasteiger partial charge in [-0.1, -0.05) is 48.5 Å². The highest BCUT2D eigenvalue weighted by Crippen LogP contribution is 2.33. The van der Waals surface area contributed by atoms with Gasteiger partial charge in [-0.2, -0.15) is 4.98 Å². The third kappa shape index (κ3) is 4.08. The van der Waals surface area contributed by atoms with Crippen LogP contribution < -0.4 is 5.32 Å². The number of aromatic nitrogens is 3. The predicted molar refractivity (Wildman–Crippen MR) is 126 cm³/mol. The number of rotatable bonds is 4. The van der Waals surface area contributed by atoms with Crippen LogP contribution in [-0.2, 0) is 5.60 Å². The maximum atomic E-state index is 13.1.